The van der Waals surface area contributed by atoms with Gasteiger partial charge < -0.3 is 13.6 Å². The summed E-state index contributed by atoms with van der Waals surface area (Å²) in [6.07, 6.45) is 2.73. The summed E-state index contributed by atoms with van der Waals surface area (Å²) >= 11 is 0. The Balaban J connectivity index is 1.86. The number of aromatic nitrogens is 2. The van der Waals surface area contributed by atoms with Crippen LogP contribution in [-0.2, 0) is 9.59 Å². The molecule has 11 nitrogen and oxygen atoms in total. The highest BCUT2D eigenvalue weighted by atomic mass is 16.5. The molecule has 0 aliphatic rings. The predicted octanol–water partition coefficient (Wildman–Crippen LogP) is 2.28. The predicted molar refractivity (Wildman–Crippen MR) is 89.3 cm³/mol. The third kappa shape index (κ3) is 2.87. The SMILES string of the molecule is O=C=Nc1cc(Oc2cc(N=C=O)c3oc(=O)[nH]c3c2)cc2[nH]c(=O)oc12. The van der Waals surface area contributed by atoms with Crippen molar-refractivity contribution in [2.75, 3.05) is 0 Å². The second-order valence-electron chi connectivity index (χ2n) is 5.18. The topological polar surface area (TPSA) is 160 Å². The van der Waals surface area contributed by atoms with Crippen LogP contribution in [0.25, 0.3) is 22.2 Å². The van der Waals surface area contributed by atoms with Crippen molar-refractivity contribution < 1.29 is 23.2 Å². The summed E-state index contributed by atoms with van der Waals surface area (Å²) in [4.78, 5) is 55.8. The maximum absolute atomic E-state index is 11.4. The maximum atomic E-state index is 11.4. The number of hydrogen-bond acceptors (Lipinski definition) is 9. The molecule has 27 heavy (non-hydrogen) atoms. The molecule has 0 aliphatic carbocycles. The molecule has 0 spiro atoms. The van der Waals surface area contributed by atoms with E-state index in [-0.39, 0.29) is 45.1 Å². The van der Waals surface area contributed by atoms with E-state index in [1.54, 1.807) is 0 Å². The van der Waals surface area contributed by atoms with E-state index in [0.29, 0.717) is 0 Å². The van der Waals surface area contributed by atoms with E-state index in [1.165, 1.54) is 36.4 Å². The van der Waals surface area contributed by atoms with Crippen LogP contribution in [0.1, 0.15) is 0 Å². The fraction of sp³-hybridized carbons (Fsp3) is 0. The fourth-order valence-corrected chi connectivity index (χ4v) is 2.55. The van der Waals surface area contributed by atoms with Crippen molar-refractivity contribution in [3.63, 3.8) is 0 Å². The molecule has 4 aromatic rings. The van der Waals surface area contributed by atoms with Gasteiger partial charge in [-0.15, -0.1) is 0 Å². The van der Waals surface area contributed by atoms with Crippen LogP contribution in [-0.4, -0.2) is 22.1 Å². The van der Waals surface area contributed by atoms with Crippen molar-refractivity contribution in [1.82, 2.24) is 9.97 Å². The van der Waals surface area contributed by atoms with E-state index in [4.69, 9.17) is 13.6 Å². The first-order valence-corrected chi connectivity index (χ1v) is 7.25. The quantitative estimate of drug-likeness (QED) is 0.414. The lowest BCUT2D eigenvalue weighted by atomic mass is 10.2. The molecule has 4 rings (SSSR count). The number of hydrogen-bond donors (Lipinski definition) is 2. The Labute approximate surface area is 146 Å². The second kappa shape index (κ2) is 6.12. The Kier molecular flexibility index (Phi) is 3.63. The number of ether oxygens (including phenoxy) is 1. The number of aliphatic imine (C=N–C) groups is 2. The fourth-order valence-electron chi connectivity index (χ4n) is 2.55. The molecular weight excluding hydrogens is 360 g/mol. The van der Waals surface area contributed by atoms with Gasteiger partial charge in [0, 0.05) is 24.3 Å². The Morgan fingerprint density at radius 3 is 1.63 bits per heavy atom. The zero-order valence-electron chi connectivity index (χ0n) is 13.1. The minimum absolute atomic E-state index is 0.0276. The highest BCUT2D eigenvalue weighted by molar-refractivity contribution is 5.88. The molecule has 0 bridgehead atoms. The average Bonchev–Trinajstić information content (AvgIpc) is 3.17. The molecule has 0 radical (unpaired) electrons. The average molecular weight is 366 g/mol. The number of H-pyrrole nitrogens is 2. The van der Waals surface area contributed by atoms with E-state index in [1.807, 2.05) is 0 Å². The molecule has 0 atom stereocenters. The minimum atomic E-state index is -0.732. The molecule has 2 N–H and O–H groups in total. The third-order valence-electron chi connectivity index (χ3n) is 3.52. The molecule has 2 aromatic heterocycles. The summed E-state index contributed by atoms with van der Waals surface area (Å²) in [6.45, 7) is 0. The lowest BCUT2D eigenvalue weighted by molar-refractivity contribution is 0.483. The molecule has 2 heterocycles. The van der Waals surface area contributed by atoms with Crippen molar-refractivity contribution >= 4 is 45.7 Å². The van der Waals surface area contributed by atoms with E-state index >= 15 is 0 Å². The molecular formula is C16H6N4O7. The summed E-state index contributed by atoms with van der Waals surface area (Å²) in [7, 11) is 0. The van der Waals surface area contributed by atoms with Crippen molar-refractivity contribution in [3.05, 3.63) is 45.4 Å². The summed E-state index contributed by atoms with van der Waals surface area (Å²) < 4.78 is 15.5. The number of aromatic amines is 2. The van der Waals surface area contributed by atoms with E-state index in [9.17, 15) is 19.2 Å². The van der Waals surface area contributed by atoms with Crippen LogP contribution >= 0.6 is 0 Å². The molecule has 0 fully saturated rings. The normalized spacial score (nSPS) is 10.5. The van der Waals surface area contributed by atoms with Gasteiger partial charge >= 0.3 is 11.5 Å². The van der Waals surface area contributed by atoms with Crippen LogP contribution in [0.15, 0.2) is 52.7 Å². The van der Waals surface area contributed by atoms with Gasteiger partial charge in [-0.05, 0) is 0 Å². The Morgan fingerprint density at radius 2 is 1.22 bits per heavy atom. The Hall–Kier alpha value is -4.46. The third-order valence-corrected chi connectivity index (χ3v) is 3.52. The zero-order chi connectivity index (χ0) is 19.0. The highest BCUT2D eigenvalue weighted by Crippen LogP contribution is 2.35. The van der Waals surface area contributed by atoms with Crippen molar-refractivity contribution in [2.24, 2.45) is 9.98 Å². The van der Waals surface area contributed by atoms with E-state index in [0.717, 1.165) is 0 Å². The van der Waals surface area contributed by atoms with Gasteiger partial charge in [0.05, 0.1) is 11.0 Å². The van der Waals surface area contributed by atoms with Crippen LogP contribution in [0.5, 0.6) is 11.5 Å². The number of isocyanates is 2. The van der Waals surface area contributed by atoms with Gasteiger partial charge in [0.15, 0.2) is 11.2 Å². The van der Waals surface area contributed by atoms with E-state index in [2.05, 4.69) is 20.0 Å². The maximum Gasteiger partial charge on any atom is 0.417 e. The molecule has 0 unspecified atom stereocenters. The molecule has 132 valence electrons. The van der Waals surface area contributed by atoms with Crippen LogP contribution < -0.4 is 16.2 Å². The number of carbonyl (C=O) groups excluding carboxylic acids is 2. The van der Waals surface area contributed by atoms with Gasteiger partial charge in [-0.25, -0.2) is 19.2 Å². The molecule has 0 saturated heterocycles. The molecule has 11 heteroatoms. The van der Waals surface area contributed by atoms with Crippen LogP contribution in [0.2, 0.25) is 0 Å². The van der Waals surface area contributed by atoms with Gasteiger partial charge in [0.2, 0.25) is 12.2 Å². The number of rotatable bonds is 4. The molecule has 0 aliphatic heterocycles. The van der Waals surface area contributed by atoms with Crippen molar-refractivity contribution in [3.8, 4) is 11.5 Å². The van der Waals surface area contributed by atoms with Crippen molar-refractivity contribution in [2.45, 2.75) is 0 Å². The monoisotopic (exact) mass is 366 g/mol. The summed E-state index contributed by atoms with van der Waals surface area (Å²) in [6, 6.07) is 5.56. The van der Waals surface area contributed by atoms with Crippen LogP contribution in [0.4, 0.5) is 11.4 Å². The number of benzene rings is 2. The lowest BCUT2D eigenvalue weighted by Crippen LogP contribution is -1.93. The number of nitrogens with zero attached hydrogens (tertiary/aromatic N) is 2. The Bertz CT molecular complexity index is 1300. The van der Waals surface area contributed by atoms with Gasteiger partial charge in [0.25, 0.3) is 0 Å². The molecule has 0 saturated carbocycles. The van der Waals surface area contributed by atoms with Gasteiger partial charge in [-0.1, -0.05) is 0 Å². The van der Waals surface area contributed by atoms with Crippen LogP contribution in [0, 0.1) is 0 Å². The number of nitrogens with one attached hydrogen (secondary N) is 2. The van der Waals surface area contributed by atoms with E-state index < -0.39 is 11.5 Å². The second-order valence-corrected chi connectivity index (χ2v) is 5.18. The summed E-state index contributed by atoms with van der Waals surface area (Å²) in [5, 5.41) is 0. The minimum Gasteiger partial charge on any atom is -0.457 e. The first-order valence-electron chi connectivity index (χ1n) is 7.25. The number of fused-ring (bicyclic) bond motifs is 2. The first kappa shape index (κ1) is 16.0. The van der Waals surface area contributed by atoms with Gasteiger partial charge in [-0.2, -0.15) is 9.98 Å². The lowest BCUT2D eigenvalue weighted by Gasteiger charge is -2.07. The summed E-state index contributed by atoms with van der Waals surface area (Å²) in [5.41, 5.74) is 0.679. The zero-order valence-corrected chi connectivity index (χ0v) is 13.1. The first-order chi connectivity index (χ1) is 13.1. The molecule has 0 amide bonds. The van der Waals surface area contributed by atoms with Gasteiger partial charge in [0.1, 0.15) is 22.9 Å². The number of oxazole rings is 2. The standard InChI is InChI=1S/C16H6N4O7/c21-5-17-9-1-7(3-11-13(9)26-15(23)19-11)25-8-2-10(18-6-22)14-12(4-8)20-16(24)27-14/h1-4H,(H,19,23)(H,20,24). The largest absolute Gasteiger partial charge is 0.457 e. The summed E-state index contributed by atoms with van der Waals surface area (Å²) in [5.74, 6) is -1.10. The smallest absolute Gasteiger partial charge is 0.417 e. The molecule has 2 aromatic carbocycles. The highest BCUT2D eigenvalue weighted by Gasteiger charge is 2.14. The Morgan fingerprint density at radius 1 is 0.778 bits per heavy atom. The van der Waals surface area contributed by atoms with Crippen LogP contribution in [0.3, 0.4) is 0 Å². The van der Waals surface area contributed by atoms with Crippen molar-refractivity contribution in [1.29, 1.82) is 0 Å². The van der Waals surface area contributed by atoms with Gasteiger partial charge in [-0.3, -0.25) is 9.97 Å².